The van der Waals surface area contributed by atoms with E-state index in [0.717, 1.165) is 5.75 Å². The van der Waals surface area contributed by atoms with Crippen molar-refractivity contribution < 1.29 is 0 Å². The molecule has 1 aromatic rings. The van der Waals surface area contributed by atoms with E-state index in [0.29, 0.717) is 4.75 Å². The zero-order valence-corrected chi connectivity index (χ0v) is 10.5. The Kier molecular flexibility index (Phi) is 4.44. The third-order valence-electron chi connectivity index (χ3n) is 1.83. The lowest BCUT2D eigenvalue weighted by Crippen LogP contribution is -2.30. The molecule has 4 heteroatoms. The smallest absolute Gasteiger partial charge is 0.0558 e. The first-order valence-electron chi connectivity index (χ1n) is 4.65. The van der Waals surface area contributed by atoms with Crippen LogP contribution in [0.1, 0.15) is 32.4 Å². The quantitative estimate of drug-likeness (QED) is 0.617. The van der Waals surface area contributed by atoms with Gasteiger partial charge in [0.25, 0.3) is 0 Å². The fraction of sp³-hybridized carbons (Fsp3) is 0.600. The Morgan fingerprint density at radius 1 is 1.57 bits per heavy atom. The summed E-state index contributed by atoms with van der Waals surface area (Å²) in [6.07, 6.45) is 0. The predicted molar refractivity (Wildman–Crippen MR) is 66.6 cm³/mol. The van der Waals surface area contributed by atoms with Crippen molar-refractivity contribution in [3.63, 3.8) is 0 Å². The standard InChI is InChI=1S/C10H18N2S2/c1-10(2,3)14-7-9(12-11)8-4-5-13-6-8/h4-6,9,12H,7,11H2,1-3H3. The molecule has 0 bridgehead atoms. The van der Waals surface area contributed by atoms with Crippen molar-refractivity contribution in [1.82, 2.24) is 5.43 Å². The highest BCUT2D eigenvalue weighted by Gasteiger charge is 2.16. The predicted octanol–water partition coefficient (Wildman–Crippen LogP) is 2.78. The molecular formula is C10H18N2S2. The van der Waals surface area contributed by atoms with Gasteiger partial charge >= 0.3 is 0 Å². The molecule has 0 spiro atoms. The van der Waals surface area contributed by atoms with Crippen LogP contribution in [0.3, 0.4) is 0 Å². The number of hydrazine groups is 1. The van der Waals surface area contributed by atoms with E-state index in [9.17, 15) is 0 Å². The van der Waals surface area contributed by atoms with Crippen molar-refractivity contribution in [1.29, 1.82) is 0 Å². The van der Waals surface area contributed by atoms with Gasteiger partial charge in [0, 0.05) is 10.5 Å². The normalized spacial score (nSPS) is 14.3. The molecule has 3 N–H and O–H groups in total. The van der Waals surface area contributed by atoms with Crippen LogP contribution in [0.2, 0.25) is 0 Å². The van der Waals surface area contributed by atoms with Gasteiger partial charge in [-0.25, -0.2) is 0 Å². The van der Waals surface area contributed by atoms with Gasteiger partial charge in [-0.2, -0.15) is 23.1 Å². The van der Waals surface area contributed by atoms with Crippen LogP contribution in [0.25, 0.3) is 0 Å². The molecule has 1 aromatic heterocycles. The molecule has 1 heterocycles. The second-order valence-electron chi connectivity index (χ2n) is 4.20. The molecular weight excluding hydrogens is 212 g/mol. The first-order chi connectivity index (χ1) is 6.53. The van der Waals surface area contributed by atoms with Gasteiger partial charge in [0.2, 0.25) is 0 Å². The molecule has 14 heavy (non-hydrogen) atoms. The van der Waals surface area contributed by atoms with E-state index in [1.54, 1.807) is 11.3 Å². The van der Waals surface area contributed by atoms with E-state index in [1.807, 2.05) is 11.8 Å². The molecule has 0 aliphatic rings. The Morgan fingerprint density at radius 2 is 2.29 bits per heavy atom. The van der Waals surface area contributed by atoms with E-state index >= 15 is 0 Å². The van der Waals surface area contributed by atoms with E-state index < -0.39 is 0 Å². The molecule has 0 radical (unpaired) electrons. The summed E-state index contributed by atoms with van der Waals surface area (Å²) in [5.74, 6) is 6.55. The monoisotopic (exact) mass is 230 g/mol. The number of hydrogen-bond donors (Lipinski definition) is 2. The van der Waals surface area contributed by atoms with Crippen molar-refractivity contribution in [2.24, 2.45) is 5.84 Å². The zero-order chi connectivity index (χ0) is 10.6. The number of nitrogens with one attached hydrogen (secondary N) is 1. The number of rotatable bonds is 4. The fourth-order valence-electron chi connectivity index (χ4n) is 1.05. The van der Waals surface area contributed by atoms with Crippen LogP contribution >= 0.6 is 23.1 Å². The van der Waals surface area contributed by atoms with Crippen LogP contribution in [0.4, 0.5) is 0 Å². The molecule has 0 saturated carbocycles. The van der Waals surface area contributed by atoms with Crippen molar-refractivity contribution in [3.05, 3.63) is 22.4 Å². The second kappa shape index (κ2) is 5.16. The molecule has 1 rings (SSSR count). The number of thioether (sulfide) groups is 1. The van der Waals surface area contributed by atoms with Gasteiger partial charge in [-0.15, -0.1) is 0 Å². The fourth-order valence-corrected chi connectivity index (χ4v) is 2.72. The van der Waals surface area contributed by atoms with Gasteiger partial charge in [0.1, 0.15) is 0 Å². The largest absolute Gasteiger partial charge is 0.271 e. The third-order valence-corrected chi connectivity index (χ3v) is 3.90. The van der Waals surface area contributed by atoms with Crippen molar-refractivity contribution >= 4 is 23.1 Å². The van der Waals surface area contributed by atoms with Gasteiger partial charge in [-0.1, -0.05) is 20.8 Å². The maximum absolute atomic E-state index is 5.53. The Balaban J connectivity index is 2.49. The van der Waals surface area contributed by atoms with E-state index in [2.05, 4.69) is 43.0 Å². The molecule has 2 nitrogen and oxygen atoms in total. The van der Waals surface area contributed by atoms with Crippen LogP contribution < -0.4 is 11.3 Å². The molecule has 0 saturated heterocycles. The molecule has 0 aliphatic carbocycles. The lowest BCUT2D eigenvalue weighted by molar-refractivity contribution is 0.609. The van der Waals surface area contributed by atoms with Gasteiger partial charge in [-0.05, 0) is 22.4 Å². The first-order valence-corrected chi connectivity index (χ1v) is 6.58. The van der Waals surface area contributed by atoms with Gasteiger partial charge in [0.05, 0.1) is 6.04 Å². The summed E-state index contributed by atoms with van der Waals surface area (Å²) < 4.78 is 0.297. The molecule has 1 unspecified atom stereocenters. The minimum absolute atomic E-state index is 0.269. The number of nitrogens with two attached hydrogens (primary N) is 1. The van der Waals surface area contributed by atoms with Crippen molar-refractivity contribution in [2.45, 2.75) is 31.6 Å². The second-order valence-corrected chi connectivity index (χ2v) is 6.83. The zero-order valence-electron chi connectivity index (χ0n) is 8.91. The van der Waals surface area contributed by atoms with Crippen LogP contribution in [-0.4, -0.2) is 10.5 Å². The van der Waals surface area contributed by atoms with Crippen molar-refractivity contribution in [3.8, 4) is 0 Å². The maximum Gasteiger partial charge on any atom is 0.0558 e. The number of hydrogen-bond acceptors (Lipinski definition) is 4. The summed E-state index contributed by atoms with van der Waals surface area (Å²) in [5.41, 5.74) is 4.15. The first kappa shape index (κ1) is 12.0. The maximum atomic E-state index is 5.53. The van der Waals surface area contributed by atoms with Crippen LogP contribution in [0.15, 0.2) is 16.8 Å². The minimum atomic E-state index is 0.269. The van der Waals surface area contributed by atoms with Gasteiger partial charge in [-0.3, -0.25) is 11.3 Å². The average Bonchev–Trinajstić information content (AvgIpc) is 2.56. The third kappa shape index (κ3) is 4.00. The molecule has 0 aromatic carbocycles. The summed E-state index contributed by atoms with van der Waals surface area (Å²) in [6.45, 7) is 6.66. The van der Waals surface area contributed by atoms with Gasteiger partial charge < -0.3 is 0 Å². The topological polar surface area (TPSA) is 38.0 Å². The summed E-state index contributed by atoms with van der Waals surface area (Å²) in [7, 11) is 0. The molecule has 80 valence electrons. The highest BCUT2D eigenvalue weighted by atomic mass is 32.2. The number of thiophene rings is 1. The van der Waals surface area contributed by atoms with Crippen LogP contribution in [0.5, 0.6) is 0 Å². The van der Waals surface area contributed by atoms with Crippen LogP contribution in [0, 0.1) is 0 Å². The molecule has 0 fully saturated rings. The van der Waals surface area contributed by atoms with Crippen LogP contribution in [-0.2, 0) is 0 Å². The highest BCUT2D eigenvalue weighted by Crippen LogP contribution is 2.28. The molecule has 1 atom stereocenters. The molecule has 0 aliphatic heterocycles. The minimum Gasteiger partial charge on any atom is -0.271 e. The van der Waals surface area contributed by atoms with E-state index in [4.69, 9.17) is 5.84 Å². The highest BCUT2D eigenvalue weighted by molar-refractivity contribution is 8.00. The summed E-state index contributed by atoms with van der Waals surface area (Å²) in [5, 5.41) is 4.23. The Bertz CT molecular complexity index is 252. The lowest BCUT2D eigenvalue weighted by atomic mass is 10.2. The summed E-state index contributed by atoms with van der Waals surface area (Å²) in [4.78, 5) is 0. The van der Waals surface area contributed by atoms with Crippen molar-refractivity contribution in [2.75, 3.05) is 5.75 Å². The Morgan fingerprint density at radius 3 is 2.71 bits per heavy atom. The molecule has 0 amide bonds. The summed E-state index contributed by atoms with van der Waals surface area (Å²) in [6, 6.07) is 2.39. The Hall–Kier alpha value is -0.0300. The van der Waals surface area contributed by atoms with E-state index in [-0.39, 0.29) is 6.04 Å². The Labute approximate surface area is 94.2 Å². The van der Waals surface area contributed by atoms with Gasteiger partial charge in [0.15, 0.2) is 0 Å². The lowest BCUT2D eigenvalue weighted by Gasteiger charge is -2.22. The average molecular weight is 230 g/mol. The SMILES string of the molecule is CC(C)(C)SCC(NN)c1ccsc1. The summed E-state index contributed by atoms with van der Waals surface area (Å²) >= 11 is 3.64. The van der Waals surface area contributed by atoms with E-state index in [1.165, 1.54) is 5.56 Å².